The van der Waals surface area contributed by atoms with E-state index in [0.29, 0.717) is 13.0 Å². The smallest absolute Gasteiger partial charge is 0.322 e. The maximum atomic E-state index is 12.2. The molecule has 2 atom stereocenters. The van der Waals surface area contributed by atoms with E-state index in [1.807, 2.05) is 0 Å². The highest BCUT2D eigenvalue weighted by Gasteiger charge is 2.37. The van der Waals surface area contributed by atoms with Gasteiger partial charge < -0.3 is 10.2 Å². The molecule has 2 saturated heterocycles. The zero-order chi connectivity index (χ0) is 14.9. The van der Waals surface area contributed by atoms with Crippen molar-refractivity contribution in [1.29, 1.82) is 0 Å². The van der Waals surface area contributed by atoms with Gasteiger partial charge in [0.1, 0.15) is 6.04 Å². The van der Waals surface area contributed by atoms with Crippen LogP contribution in [0.4, 0.5) is 4.79 Å². The van der Waals surface area contributed by atoms with Crippen LogP contribution in [0, 0.1) is 0 Å². The summed E-state index contributed by atoms with van der Waals surface area (Å²) in [5.41, 5.74) is 0. The first kappa shape index (κ1) is 14.8. The molecule has 2 rings (SSSR count). The van der Waals surface area contributed by atoms with Crippen molar-refractivity contribution < 1.29 is 22.8 Å². The molecule has 20 heavy (non-hydrogen) atoms. The lowest BCUT2D eigenvalue weighted by Crippen LogP contribution is -2.44. The maximum Gasteiger partial charge on any atom is 0.322 e. The van der Waals surface area contributed by atoms with Gasteiger partial charge in [0.15, 0.2) is 9.84 Å². The van der Waals surface area contributed by atoms with E-state index < -0.39 is 27.8 Å². The summed E-state index contributed by atoms with van der Waals surface area (Å²) in [6.45, 7) is 2.14. The standard InChI is InChI=1S/C11H17N3O5S/c1-2-14(7-3-4-20(18,19)6-7)9(15)5-8-10(16)13-11(17)12-8/h7-8H,2-6H2,1H3,(H2,12,13,16,17). The predicted molar refractivity (Wildman–Crippen MR) is 69.5 cm³/mol. The number of amides is 4. The molecule has 0 aromatic heterocycles. The van der Waals surface area contributed by atoms with E-state index in [4.69, 9.17) is 0 Å². The summed E-state index contributed by atoms with van der Waals surface area (Å²) < 4.78 is 22.9. The molecule has 4 amide bonds. The molecule has 0 saturated carbocycles. The summed E-state index contributed by atoms with van der Waals surface area (Å²) in [5, 5.41) is 4.41. The Morgan fingerprint density at radius 1 is 1.40 bits per heavy atom. The van der Waals surface area contributed by atoms with Gasteiger partial charge in [0, 0.05) is 12.6 Å². The monoisotopic (exact) mass is 303 g/mol. The molecule has 0 bridgehead atoms. The van der Waals surface area contributed by atoms with Crippen LogP contribution >= 0.6 is 0 Å². The minimum Gasteiger partial charge on any atom is -0.339 e. The zero-order valence-electron chi connectivity index (χ0n) is 11.1. The number of hydrogen-bond donors (Lipinski definition) is 2. The second-order valence-corrected chi connectivity index (χ2v) is 7.18. The van der Waals surface area contributed by atoms with Gasteiger partial charge in [0.2, 0.25) is 5.91 Å². The van der Waals surface area contributed by atoms with E-state index in [-0.39, 0.29) is 29.9 Å². The highest BCUT2D eigenvalue weighted by Crippen LogP contribution is 2.19. The second-order valence-electron chi connectivity index (χ2n) is 4.96. The minimum atomic E-state index is -3.07. The van der Waals surface area contributed by atoms with Crippen LogP contribution in [-0.2, 0) is 19.4 Å². The molecule has 2 aliphatic rings. The number of sulfone groups is 1. The van der Waals surface area contributed by atoms with E-state index in [0.717, 1.165) is 0 Å². The van der Waals surface area contributed by atoms with Crippen LogP contribution in [0.2, 0.25) is 0 Å². The highest BCUT2D eigenvalue weighted by atomic mass is 32.2. The van der Waals surface area contributed by atoms with Gasteiger partial charge in [-0.25, -0.2) is 13.2 Å². The SMILES string of the molecule is CCN(C(=O)CC1NC(=O)NC1=O)C1CCS(=O)(=O)C1. The van der Waals surface area contributed by atoms with Crippen LogP contribution < -0.4 is 10.6 Å². The third-order valence-corrected chi connectivity index (χ3v) is 5.30. The Labute approximate surface area is 116 Å². The van der Waals surface area contributed by atoms with E-state index in [1.165, 1.54) is 4.90 Å². The van der Waals surface area contributed by atoms with E-state index >= 15 is 0 Å². The number of hydrogen-bond acceptors (Lipinski definition) is 5. The van der Waals surface area contributed by atoms with Crippen molar-refractivity contribution >= 4 is 27.7 Å². The number of rotatable bonds is 4. The van der Waals surface area contributed by atoms with Gasteiger partial charge >= 0.3 is 6.03 Å². The Balaban J connectivity index is 1.99. The molecular formula is C11H17N3O5S. The molecule has 0 aromatic carbocycles. The molecule has 112 valence electrons. The van der Waals surface area contributed by atoms with Gasteiger partial charge in [0.05, 0.1) is 17.9 Å². The molecule has 0 aromatic rings. The molecule has 8 nitrogen and oxygen atoms in total. The lowest BCUT2D eigenvalue weighted by atomic mass is 10.1. The Morgan fingerprint density at radius 3 is 2.55 bits per heavy atom. The average molecular weight is 303 g/mol. The molecule has 2 aliphatic heterocycles. The van der Waals surface area contributed by atoms with Gasteiger partial charge in [0.25, 0.3) is 5.91 Å². The Bertz CT molecular complexity index is 544. The molecule has 0 spiro atoms. The molecule has 2 unspecified atom stereocenters. The molecule has 0 radical (unpaired) electrons. The summed E-state index contributed by atoms with van der Waals surface area (Å²) >= 11 is 0. The Hall–Kier alpha value is -1.64. The fourth-order valence-electron chi connectivity index (χ4n) is 2.55. The van der Waals surface area contributed by atoms with Crippen LogP contribution in [0.25, 0.3) is 0 Å². The third-order valence-electron chi connectivity index (χ3n) is 3.55. The second kappa shape index (κ2) is 5.39. The van der Waals surface area contributed by atoms with Crippen molar-refractivity contribution in [3.63, 3.8) is 0 Å². The lowest BCUT2D eigenvalue weighted by Gasteiger charge is -2.27. The van der Waals surface area contributed by atoms with Crippen LogP contribution in [0.5, 0.6) is 0 Å². The molecule has 0 aliphatic carbocycles. The van der Waals surface area contributed by atoms with Crippen molar-refractivity contribution in [3.8, 4) is 0 Å². The van der Waals surface area contributed by atoms with Gasteiger partial charge in [-0.05, 0) is 13.3 Å². The van der Waals surface area contributed by atoms with Gasteiger partial charge in [-0.2, -0.15) is 0 Å². The molecular weight excluding hydrogens is 286 g/mol. The van der Waals surface area contributed by atoms with Crippen molar-refractivity contribution in [2.75, 3.05) is 18.1 Å². The van der Waals surface area contributed by atoms with Crippen molar-refractivity contribution in [2.45, 2.75) is 31.8 Å². The summed E-state index contributed by atoms with van der Waals surface area (Å²) in [4.78, 5) is 36.0. The van der Waals surface area contributed by atoms with Crippen molar-refractivity contribution in [3.05, 3.63) is 0 Å². The predicted octanol–water partition coefficient (Wildman–Crippen LogP) is -1.38. The first-order valence-electron chi connectivity index (χ1n) is 6.43. The summed E-state index contributed by atoms with van der Waals surface area (Å²) in [7, 11) is -3.07. The van der Waals surface area contributed by atoms with Crippen LogP contribution in [0.3, 0.4) is 0 Å². The largest absolute Gasteiger partial charge is 0.339 e. The zero-order valence-corrected chi connectivity index (χ0v) is 11.9. The molecule has 2 fully saturated rings. The van der Waals surface area contributed by atoms with Crippen LogP contribution in [0.1, 0.15) is 19.8 Å². The summed E-state index contributed by atoms with van der Waals surface area (Å²) in [6, 6.07) is -1.82. The topological polar surface area (TPSA) is 113 Å². The Kier molecular flexibility index (Phi) is 3.98. The number of carbonyl (C=O) groups is 3. The normalized spacial score (nSPS) is 28.1. The number of urea groups is 1. The van der Waals surface area contributed by atoms with Crippen molar-refractivity contribution in [2.24, 2.45) is 0 Å². The molecule has 2 N–H and O–H groups in total. The van der Waals surface area contributed by atoms with Gasteiger partial charge in [-0.15, -0.1) is 0 Å². The third kappa shape index (κ3) is 3.09. The number of nitrogens with zero attached hydrogens (tertiary/aromatic N) is 1. The van der Waals surface area contributed by atoms with Gasteiger partial charge in [-0.3, -0.25) is 14.9 Å². The maximum absolute atomic E-state index is 12.2. The fourth-order valence-corrected chi connectivity index (χ4v) is 4.28. The number of imide groups is 1. The van der Waals surface area contributed by atoms with Crippen molar-refractivity contribution in [1.82, 2.24) is 15.5 Å². The van der Waals surface area contributed by atoms with Gasteiger partial charge in [-0.1, -0.05) is 0 Å². The van der Waals surface area contributed by atoms with E-state index in [2.05, 4.69) is 10.6 Å². The van der Waals surface area contributed by atoms with Crippen LogP contribution in [-0.4, -0.2) is 61.3 Å². The molecule has 9 heteroatoms. The number of carbonyl (C=O) groups excluding carboxylic acids is 3. The summed E-state index contributed by atoms with van der Waals surface area (Å²) in [6.07, 6.45) is 0.271. The minimum absolute atomic E-state index is 0.0319. The first-order chi connectivity index (χ1) is 9.32. The molecule has 2 heterocycles. The van der Waals surface area contributed by atoms with Crippen LogP contribution in [0.15, 0.2) is 0 Å². The highest BCUT2D eigenvalue weighted by molar-refractivity contribution is 7.91. The first-order valence-corrected chi connectivity index (χ1v) is 8.26. The lowest BCUT2D eigenvalue weighted by molar-refractivity contribution is -0.135. The van der Waals surface area contributed by atoms with E-state index in [9.17, 15) is 22.8 Å². The fraction of sp³-hybridized carbons (Fsp3) is 0.727. The Morgan fingerprint density at radius 2 is 2.10 bits per heavy atom. The quantitative estimate of drug-likeness (QED) is 0.622. The van der Waals surface area contributed by atoms with E-state index in [1.54, 1.807) is 6.92 Å². The number of nitrogens with one attached hydrogen (secondary N) is 2. The average Bonchev–Trinajstić information content (AvgIpc) is 2.83. The summed E-state index contributed by atoms with van der Waals surface area (Å²) in [5.74, 6) is -0.798.